The molecule has 0 atom stereocenters. The standard InChI is InChI=1S/C12H17Cl2NO3S/c1-8(2)6-15(3)19(17,18)12-4-9(7-16)10(13)5-11(12)14/h4-5,8,16H,6-7H2,1-3H3. The monoisotopic (exact) mass is 325 g/mol. The number of benzene rings is 1. The van der Waals surface area contributed by atoms with Crippen molar-refractivity contribution in [3.63, 3.8) is 0 Å². The number of aliphatic hydroxyl groups excluding tert-OH is 1. The van der Waals surface area contributed by atoms with E-state index in [0.29, 0.717) is 12.1 Å². The third-order valence-corrected chi connectivity index (χ3v) is 5.22. The van der Waals surface area contributed by atoms with Crippen LogP contribution in [0.3, 0.4) is 0 Å². The number of rotatable bonds is 5. The summed E-state index contributed by atoms with van der Waals surface area (Å²) < 4.78 is 26.0. The van der Waals surface area contributed by atoms with Gasteiger partial charge in [-0.2, -0.15) is 0 Å². The maximum absolute atomic E-state index is 12.4. The van der Waals surface area contributed by atoms with Crippen LogP contribution in [-0.2, 0) is 16.6 Å². The van der Waals surface area contributed by atoms with E-state index in [-0.39, 0.29) is 27.5 Å². The molecule has 0 fully saturated rings. The molecule has 1 N–H and O–H groups in total. The molecule has 0 spiro atoms. The Hall–Kier alpha value is -0.330. The average Bonchev–Trinajstić information content (AvgIpc) is 2.27. The number of hydrogen-bond acceptors (Lipinski definition) is 3. The fraction of sp³-hybridized carbons (Fsp3) is 0.500. The summed E-state index contributed by atoms with van der Waals surface area (Å²) in [5.74, 6) is 0.197. The van der Waals surface area contributed by atoms with Crippen molar-refractivity contribution in [1.29, 1.82) is 0 Å². The molecule has 108 valence electrons. The molecule has 0 saturated carbocycles. The minimum absolute atomic E-state index is 0.0363. The van der Waals surface area contributed by atoms with Crippen molar-refractivity contribution in [2.45, 2.75) is 25.3 Å². The molecular weight excluding hydrogens is 309 g/mol. The van der Waals surface area contributed by atoms with E-state index < -0.39 is 10.0 Å². The highest BCUT2D eigenvalue weighted by Crippen LogP contribution is 2.30. The molecular formula is C12H17Cl2NO3S. The molecule has 0 aliphatic carbocycles. The Labute approximate surface area is 124 Å². The maximum Gasteiger partial charge on any atom is 0.244 e. The SMILES string of the molecule is CC(C)CN(C)S(=O)(=O)c1cc(CO)c(Cl)cc1Cl. The molecule has 0 radical (unpaired) electrons. The van der Waals surface area contributed by atoms with E-state index in [2.05, 4.69) is 0 Å². The molecule has 0 amide bonds. The highest BCUT2D eigenvalue weighted by molar-refractivity contribution is 7.89. The van der Waals surface area contributed by atoms with Crippen molar-refractivity contribution < 1.29 is 13.5 Å². The summed E-state index contributed by atoms with van der Waals surface area (Å²) in [4.78, 5) is -0.0363. The zero-order valence-electron chi connectivity index (χ0n) is 11.0. The van der Waals surface area contributed by atoms with Gasteiger partial charge in [-0.05, 0) is 23.6 Å². The van der Waals surface area contributed by atoms with E-state index in [4.69, 9.17) is 28.3 Å². The maximum atomic E-state index is 12.4. The van der Waals surface area contributed by atoms with Gasteiger partial charge in [0.25, 0.3) is 0 Å². The van der Waals surface area contributed by atoms with Crippen molar-refractivity contribution in [1.82, 2.24) is 4.31 Å². The normalized spacial score (nSPS) is 12.4. The third kappa shape index (κ3) is 3.83. The van der Waals surface area contributed by atoms with Crippen LogP contribution in [0.1, 0.15) is 19.4 Å². The number of halogens is 2. The summed E-state index contributed by atoms with van der Waals surface area (Å²) >= 11 is 11.8. The summed E-state index contributed by atoms with van der Waals surface area (Å²) in [7, 11) is -2.18. The van der Waals surface area contributed by atoms with Gasteiger partial charge in [0.2, 0.25) is 10.0 Å². The van der Waals surface area contributed by atoms with Crippen LogP contribution >= 0.6 is 23.2 Å². The van der Waals surface area contributed by atoms with Crippen molar-refractivity contribution in [3.05, 3.63) is 27.7 Å². The molecule has 1 aromatic rings. The Balaban J connectivity index is 3.28. The summed E-state index contributed by atoms with van der Waals surface area (Å²) in [6, 6.07) is 2.65. The van der Waals surface area contributed by atoms with Gasteiger partial charge in [0.05, 0.1) is 11.6 Å². The second-order valence-electron chi connectivity index (χ2n) is 4.71. The molecule has 4 nitrogen and oxygen atoms in total. The van der Waals surface area contributed by atoms with Crippen LogP contribution < -0.4 is 0 Å². The van der Waals surface area contributed by atoms with Crippen LogP contribution in [0.25, 0.3) is 0 Å². The minimum atomic E-state index is -3.68. The first-order valence-electron chi connectivity index (χ1n) is 5.75. The van der Waals surface area contributed by atoms with Gasteiger partial charge in [-0.25, -0.2) is 12.7 Å². The molecule has 1 aromatic carbocycles. The molecule has 0 unspecified atom stereocenters. The fourth-order valence-corrected chi connectivity index (χ4v) is 3.83. The molecule has 1 rings (SSSR count). The van der Waals surface area contributed by atoms with Crippen molar-refractivity contribution in [2.75, 3.05) is 13.6 Å². The van der Waals surface area contributed by atoms with Gasteiger partial charge in [-0.1, -0.05) is 37.0 Å². The van der Waals surface area contributed by atoms with Crippen LogP contribution in [0.5, 0.6) is 0 Å². The first-order valence-corrected chi connectivity index (χ1v) is 7.94. The Kier molecular flexibility index (Phi) is 5.65. The van der Waals surface area contributed by atoms with Crippen LogP contribution in [0.15, 0.2) is 17.0 Å². The van der Waals surface area contributed by atoms with Gasteiger partial charge in [0.15, 0.2) is 0 Å². The Bertz CT molecular complexity index is 558. The molecule has 0 saturated heterocycles. The fourth-order valence-electron chi connectivity index (χ4n) is 1.67. The molecule has 0 aliphatic heterocycles. The van der Waals surface area contributed by atoms with Crippen LogP contribution in [0, 0.1) is 5.92 Å². The number of hydrogen-bond donors (Lipinski definition) is 1. The second-order valence-corrected chi connectivity index (χ2v) is 7.54. The minimum Gasteiger partial charge on any atom is -0.392 e. The lowest BCUT2D eigenvalue weighted by Crippen LogP contribution is -2.30. The van der Waals surface area contributed by atoms with Gasteiger partial charge < -0.3 is 5.11 Å². The molecule has 0 aromatic heterocycles. The Morgan fingerprint density at radius 2 is 1.84 bits per heavy atom. The lowest BCUT2D eigenvalue weighted by Gasteiger charge is -2.20. The van der Waals surface area contributed by atoms with Crippen LogP contribution in [0.4, 0.5) is 0 Å². The first kappa shape index (κ1) is 16.7. The highest BCUT2D eigenvalue weighted by Gasteiger charge is 2.25. The van der Waals surface area contributed by atoms with Gasteiger partial charge in [0.1, 0.15) is 4.90 Å². The van der Waals surface area contributed by atoms with Gasteiger partial charge in [0, 0.05) is 18.6 Å². The van der Waals surface area contributed by atoms with Crippen molar-refractivity contribution in [3.8, 4) is 0 Å². The summed E-state index contributed by atoms with van der Waals surface area (Å²) in [6.45, 7) is 3.89. The lowest BCUT2D eigenvalue weighted by molar-refractivity contribution is 0.281. The smallest absolute Gasteiger partial charge is 0.244 e. The van der Waals surface area contributed by atoms with Crippen LogP contribution in [-0.4, -0.2) is 31.4 Å². The number of nitrogens with zero attached hydrogens (tertiary/aromatic N) is 1. The zero-order valence-corrected chi connectivity index (χ0v) is 13.3. The highest BCUT2D eigenvalue weighted by atomic mass is 35.5. The topological polar surface area (TPSA) is 57.6 Å². The molecule has 0 aliphatic rings. The van der Waals surface area contributed by atoms with E-state index in [0.717, 1.165) is 0 Å². The second kappa shape index (κ2) is 6.41. The van der Waals surface area contributed by atoms with Gasteiger partial charge in [-0.15, -0.1) is 0 Å². The Morgan fingerprint density at radius 3 is 2.32 bits per heavy atom. The van der Waals surface area contributed by atoms with E-state index in [1.165, 1.54) is 23.5 Å². The van der Waals surface area contributed by atoms with E-state index in [1.807, 2.05) is 13.8 Å². The zero-order chi connectivity index (χ0) is 14.8. The van der Waals surface area contributed by atoms with Gasteiger partial charge in [-0.3, -0.25) is 0 Å². The largest absolute Gasteiger partial charge is 0.392 e. The van der Waals surface area contributed by atoms with Gasteiger partial charge >= 0.3 is 0 Å². The molecule has 7 heteroatoms. The number of sulfonamides is 1. The third-order valence-electron chi connectivity index (χ3n) is 2.58. The predicted octanol–water partition coefficient (Wildman–Crippen LogP) is 2.76. The molecule has 0 bridgehead atoms. The predicted molar refractivity (Wildman–Crippen MR) is 77.0 cm³/mol. The van der Waals surface area contributed by atoms with Crippen LogP contribution in [0.2, 0.25) is 10.0 Å². The summed E-state index contributed by atoms with van der Waals surface area (Å²) in [5, 5.41) is 9.45. The van der Waals surface area contributed by atoms with E-state index in [9.17, 15) is 8.42 Å². The first-order chi connectivity index (χ1) is 8.70. The van der Waals surface area contributed by atoms with E-state index in [1.54, 1.807) is 0 Å². The molecule has 0 heterocycles. The molecule has 19 heavy (non-hydrogen) atoms. The number of aliphatic hydroxyl groups is 1. The Morgan fingerprint density at radius 1 is 1.26 bits per heavy atom. The summed E-state index contributed by atoms with van der Waals surface area (Å²) in [5.41, 5.74) is 0.336. The quantitative estimate of drug-likeness (QED) is 0.905. The van der Waals surface area contributed by atoms with Crippen molar-refractivity contribution >= 4 is 33.2 Å². The summed E-state index contributed by atoms with van der Waals surface area (Å²) in [6.07, 6.45) is 0. The van der Waals surface area contributed by atoms with Crippen molar-refractivity contribution in [2.24, 2.45) is 5.92 Å². The van der Waals surface area contributed by atoms with E-state index >= 15 is 0 Å². The average molecular weight is 326 g/mol. The lowest BCUT2D eigenvalue weighted by atomic mass is 10.2.